The zero-order valence-electron chi connectivity index (χ0n) is 14.0. The van der Waals surface area contributed by atoms with Gasteiger partial charge in [0.25, 0.3) is 0 Å². The van der Waals surface area contributed by atoms with Crippen molar-refractivity contribution >= 4 is 11.6 Å². The van der Waals surface area contributed by atoms with Gasteiger partial charge < -0.3 is 14.5 Å². The molecule has 0 N–H and O–H groups in total. The summed E-state index contributed by atoms with van der Waals surface area (Å²) in [6.07, 6.45) is 6.00. The van der Waals surface area contributed by atoms with Gasteiger partial charge in [-0.25, -0.2) is 9.97 Å². The van der Waals surface area contributed by atoms with E-state index >= 15 is 0 Å². The summed E-state index contributed by atoms with van der Waals surface area (Å²) in [6.45, 7) is 5.57. The fourth-order valence-corrected chi connectivity index (χ4v) is 3.93. The van der Waals surface area contributed by atoms with Crippen molar-refractivity contribution < 1.29 is 4.74 Å². The van der Waals surface area contributed by atoms with Crippen LogP contribution in [0.15, 0.2) is 48.8 Å². The molecular weight excluding hydrogens is 300 g/mol. The molecule has 5 nitrogen and oxygen atoms in total. The number of hydrogen-bond donors (Lipinski definition) is 0. The van der Waals surface area contributed by atoms with Gasteiger partial charge in [0, 0.05) is 49.7 Å². The van der Waals surface area contributed by atoms with Crippen molar-refractivity contribution in [3.8, 4) is 0 Å². The van der Waals surface area contributed by atoms with Crippen molar-refractivity contribution in [1.82, 2.24) is 9.97 Å². The Morgan fingerprint density at radius 3 is 2.54 bits per heavy atom. The summed E-state index contributed by atoms with van der Waals surface area (Å²) in [5.41, 5.74) is 1.43. The molecule has 24 heavy (non-hydrogen) atoms. The fourth-order valence-electron chi connectivity index (χ4n) is 3.93. The Kier molecular flexibility index (Phi) is 4.34. The maximum atomic E-state index is 6.01. The Labute approximate surface area is 143 Å². The second-order valence-corrected chi connectivity index (χ2v) is 6.88. The Morgan fingerprint density at radius 2 is 1.71 bits per heavy atom. The lowest BCUT2D eigenvalue weighted by Crippen LogP contribution is -2.51. The normalized spacial score (nSPS) is 24.8. The van der Waals surface area contributed by atoms with Crippen molar-refractivity contribution in [2.45, 2.75) is 12.8 Å². The maximum Gasteiger partial charge on any atom is 0.225 e. The summed E-state index contributed by atoms with van der Waals surface area (Å²) in [5, 5.41) is 0. The van der Waals surface area contributed by atoms with E-state index in [4.69, 9.17) is 4.74 Å². The molecule has 0 aliphatic carbocycles. The fraction of sp³-hybridized carbons (Fsp3) is 0.474. The quantitative estimate of drug-likeness (QED) is 0.849. The van der Waals surface area contributed by atoms with Crippen molar-refractivity contribution in [1.29, 1.82) is 0 Å². The van der Waals surface area contributed by atoms with Crippen molar-refractivity contribution in [2.24, 2.45) is 5.41 Å². The SMILES string of the molecule is c1ccc(N2CCOC[C@@]3(CCCN(c4ncccn4)C3)C2)cc1. The molecule has 5 heteroatoms. The zero-order valence-corrected chi connectivity index (χ0v) is 14.0. The van der Waals surface area contributed by atoms with Crippen LogP contribution in [0.2, 0.25) is 0 Å². The third kappa shape index (κ3) is 3.22. The van der Waals surface area contributed by atoms with E-state index in [1.54, 1.807) is 0 Å². The molecule has 2 fully saturated rings. The summed E-state index contributed by atoms with van der Waals surface area (Å²) in [4.78, 5) is 13.7. The van der Waals surface area contributed by atoms with Crippen LogP contribution in [0.3, 0.4) is 0 Å². The molecule has 1 spiro atoms. The standard InChI is InChI=1S/C19H24N4O/c1-2-6-17(7-3-1)22-12-13-24-16-19(14-22)8-4-11-23(15-19)18-20-9-5-10-21-18/h1-3,5-7,9-10H,4,8,11-16H2/t19-/m0/s1. The highest BCUT2D eigenvalue weighted by atomic mass is 16.5. The lowest BCUT2D eigenvalue weighted by Gasteiger charge is -2.44. The molecular formula is C19H24N4O. The first kappa shape index (κ1) is 15.4. The Balaban J connectivity index is 1.56. The predicted molar refractivity (Wildman–Crippen MR) is 95.4 cm³/mol. The lowest BCUT2D eigenvalue weighted by atomic mass is 9.80. The predicted octanol–water partition coefficient (Wildman–Crippen LogP) is 2.60. The molecule has 0 unspecified atom stereocenters. The largest absolute Gasteiger partial charge is 0.379 e. The van der Waals surface area contributed by atoms with Gasteiger partial charge in [0.15, 0.2) is 0 Å². The minimum Gasteiger partial charge on any atom is -0.379 e. The van der Waals surface area contributed by atoms with Gasteiger partial charge in [0.2, 0.25) is 5.95 Å². The van der Waals surface area contributed by atoms with Crippen molar-refractivity contribution in [3.63, 3.8) is 0 Å². The number of hydrogen-bond acceptors (Lipinski definition) is 5. The van der Waals surface area contributed by atoms with E-state index in [1.165, 1.54) is 12.1 Å². The van der Waals surface area contributed by atoms with Crippen molar-refractivity contribution in [3.05, 3.63) is 48.8 Å². The molecule has 1 aromatic heterocycles. The smallest absolute Gasteiger partial charge is 0.225 e. The topological polar surface area (TPSA) is 41.5 Å². The molecule has 0 radical (unpaired) electrons. The summed E-state index contributed by atoms with van der Waals surface area (Å²) in [5.74, 6) is 0.840. The molecule has 1 aromatic carbocycles. The molecule has 2 saturated heterocycles. The number of para-hydroxylation sites is 1. The van der Waals surface area contributed by atoms with E-state index < -0.39 is 0 Å². The summed E-state index contributed by atoms with van der Waals surface area (Å²) in [6, 6.07) is 12.6. The van der Waals surface area contributed by atoms with Crippen LogP contribution in [0.25, 0.3) is 0 Å². The maximum absolute atomic E-state index is 6.01. The second kappa shape index (κ2) is 6.77. The van der Waals surface area contributed by atoms with E-state index in [1.807, 2.05) is 18.5 Å². The van der Waals surface area contributed by atoms with E-state index in [-0.39, 0.29) is 5.41 Å². The van der Waals surface area contributed by atoms with Gasteiger partial charge in [-0.2, -0.15) is 0 Å². The Bertz CT molecular complexity index is 651. The van der Waals surface area contributed by atoms with Crippen LogP contribution in [0.1, 0.15) is 12.8 Å². The number of aromatic nitrogens is 2. The van der Waals surface area contributed by atoms with Crippen LogP contribution < -0.4 is 9.80 Å². The number of benzene rings is 1. The van der Waals surface area contributed by atoms with E-state index in [2.05, 4.69) is 50.1 Å². The molecule has 0 bridgehead atoms. The summed E-state index contributed by atoms with van der Waals surface area (Å²) >= 11 is 0. The monoisotopic (exact) mass is 324 g/mol. The third-order valence-electron chi connectivity index (χ3n) is 5.06. The molecule has 4 rings (SSSR count). The second-order valence-electron chi connectivity index (χ2n) is 6.88. The highest BCUT2D eigenvalue weighted by Gasteiger charge is 2.39. The minimum atomic E-state index is 0.143. The molecule has 0 saturated carbocycles. The number of piperidine rings is 1. The van der Waals surface area contributed by atoms with Crippen LogP contribution in [-0.4, -0.2) is 49.4 Å². The van der Waals surface area contributed by atoms with Gasteiger partial charge in [-0.15, -0.1) is 0 Å². The number of nitrogens with zero attached hydrogens (tertiary/aromatic N) is 4. The zero-order chi connectivity index (χ0) is 16.2. The van der Waals surface area contributed by atoms with Gasteiger partial charge >= 0.3 is 0 Å². The van der Waals surface area contributed by atoms with Crippen molar-refractivity contribution in [2.75, 3.05) is 49.2 Å². The van der Waals surface area contributed by atoms with Gasteiger partial charge in [0.05, 0.1) is 13.2 Å². The molecule has 2 aliphatic heterocycles. The van der Waals surface area contributed by atoms with Crippen LogP contribution in [-0.2, 0) is 4.74 Å². The first-order valence-electron chi connectivity index (χ1n) is 8.74. The van der Waals surface area contributed by atoms with Gasteiger partial charge in [-0.05, 0) is 31.0 Å². The first-order valence-corrected chi connectivity index (χ1v) is 8.74. The van der Waals surface area contributed by atoms with Gasteiger partial charge in [0.1, 0.15) is 0 Å². The van der Waals surface area contributed by atoms with Crippen LogP contribution in [0.5, 0.6) is 0 Å². The Morgan fingerprint density at radius 1 is 0.917 bits per heavy atom. The van der Waals surface area contributed by atoms with Crippen LogP contribution >= 0.6 is 0 Å². The average Bonchev–Trinajstić information content (AvgIpc) is 2.86. The molecule has 2 aromatic rings. The van der Waals surface area contributed by atoms with Gasteiger partial charge in [-0.3, -0.25) is 0 Å². The number of ether oxygens (including phenoxy) is 1. The lowest BCUT2D eigenvalue weighted by molar-refractivity contribution is 0.0596. The average molecular weight is 324 g/mol. The minimum absolute atomic E-state index is 0.143. The third-order valence-corrected chi connectivity index (χ3v) is 5.06. The number of rotatable bonds is 2. The van der Waals surface area contributed by atoms with E-state index in [0.29, 0.717) is 0 Å². The molecule has 2 aliphatic rings. The molecule has 1 atom stereocenters. The molecule has 3 heterocycles. The summed E-state index contributed by atoms with van der Waals surface area (Å²) in [7, 11) is 0. The highest BCUT2D eigenvalue weighted by Crippen LogP contribution is 2.35. The van der Waals surface area contributed by atoms with Crippen LogP contribution in [0, 0.1) is 5.41 Å². The molecule has 126 valence electrons. The first-order chi connectivity index (χ1) is 11.8. The van der Waals surface area contributed by atoms with Gasteiger partial charge in [-0.1, -0.05) is 18.2 Å². The van der Waals surface area contributed by atoms with E-state index in [0.717, 1.165) is 51.8 Å². The highest BCUT2D eigenvalue weighted by molar-refractivity contribution is 5.46. The van der Waals surface area contributed by atoms with E-state index in [9.17, 15) is 0 Å². The van der Waals surface area contributed by atoms with Crippen LogP contribution in [0.4, 0.5) is 11.6 Å². The molecule has 0 amide bonds. The Hall–Kier alpha value is -2.14. The summed E-state index contributed by atoms with van der Waals surface area (Å²) < 4.78 is 6.01. The number of anilines is 2.